The lowest BCUT2D eigenvalue weighted by Crippen LogP contribution is -2.11. The molecule has 0 bridgehead atoms. The first-order valence-electron chi connectivity index (χ1n) is 18.1. The molecule has 0 N–H and O–H groups in total. The van der Waals surface area contributed by atoms with Crippen LogP contribution in [0.25, 0.3) is 55.0 Å². The number of hydrogen-bond donors (Lipinski definition) is 0. The minimum absolute atomic E-state index is 0.454. The Morgan fingerprint density at radius 1 is 0.500 bits per heavy atom. The Balaban J connectivity index is 1.11. The Morgan fingerprint density at radius 3 is 1.90 bits per heavy atom. The van der Waals surface area contributed by atoms with Gasteiger partial charge in [-0.3, -0.25) is 0 Å². The lowest BCUT2D eigenvalue weighted by molar-refractivity contribution is 0.782. The van der Waals surface area contributed by atoms with Gasteiger partial charge in [-0.15, -0.1) is 0 Å². The van der Waals surface area contributed by atoms with E-state index in [1.54, 1.807) is 0 Å². The van der Waals surface area contributed by atoms with Crippen LogP contribution in [0.3, 0.4) is 0 Å². The average Bonchev–Trinajstić information content (AvgIpc) is 3.56. The smallest absolute Gasteiger partial charge is 0.0541 e. The molecule has 7 aromatic carbocycles. The molecule has 0 aliphatic heterocycles. The fourth-order valence-electron chi connectivity index (χ4n) is 8.26. The van der Waals surface area contributed by atoms with Crippen LogP contribution < -0.4 is 4.90 Å². The number of benzene rings is 7. The fourth-order valence-corrected chi connectivity index (χ4v) is 8.26. The minimum atomic E-state index is 0.454. The second kappa shape index (κ2) is 12.6. The van der Waals surface area contributed by atoms with Gasteiger partial charge >= 0.3 is 0 Å². The highest BCUT2D eigenvalue weighted by molar-refractivity contribution is 6.11. The van der Waals surface area contributed by atoms with E-state index in [0.29, 0.717) is 5.92 Å². The lowest BCUT2D eigenvalue weighted by atomic mass is 9.84. The highest BCUT2D eigenvalue weighted by atomic mass is 15.1. The van der Waals surface area contributed by atoms with Crippen LogP contribution in [-0.2, 0) is 0 Å². The lowest BCUT2D eigenvalue weighted by Gasteiger charge is -2.28. The maximum atomic E-state index is 2.43. The molecular weight excluding hydrogens is 629 g/mol. The third-order valence-corrected chi connectivity index (χ3v) is 10.7. The maximum Gasteiger partial charge on any atom is 0.0541 e. The predicted molar refractivity (Wildman–Crippen MR) is 221 cm³/mol. The normalized spacial score (nSPS) is 15.1. The predicted octanol–water partition coefficient (Wildman–Crippen LogP) is 13.5. The van der Waals surface area contributed by atoms with Crippen molar-refractivity contribution in [3.63, 3.8) is 0 Å². The Hall–Kier alpha value is -6.64. The zero-order chi connectivity index (χ0) is 34.4. The quantitative estimate of drug-likeness (QED) is 0.172. The molecule has 0 amide bonds. The van der Waals surface area contributed by atoms with Gasteiger partial charge in [0.1, 0.15) is 0 Å². The number of anilines is 3. The van der Waals surface area contributed by atoms with Crippen LogP contribution in [0.2, 0.25) is 0 Å². The van der Waals surface area contributed by atoms with Crippen molar-refractivity contribution >= 4 is 55.2 Å². The van der Waals surface area contributed by atoms with E-state index in [-0.39, 0.29) is 0 Å². The Bertz CT molecular complexity index is 2700. The van der Waals surface area contributed by atoms with E-state index < -0.39 is 0 Å². The third kappa shape index (κ3) is 5.03. The van der Waals surface area contributed by atoms with Crippen LogP contribution in [0.1, 0.15) is 12.0 Å². The third-order valence-electron chi connectivity index (χ3n) is 10.7. The van der Waals surface area contributed by atoms with Crippen LogP contribution in [0.15, 0.2) is 206 Å². The Labute approximate surface area is 304 Å². The molecule has 1 unspecified atom stereocenters. The van der Waals surface area contributed by atoms with Crippen molar-refractivity contribution in [3.8, 4) is 16.8 Å². The SMILES string of the molecule is C1=CCC2C=C(c3ccc(N(c4ccccc4)c4ccc(-c5ccccc5-n5c6ccccc6c6ccccc65)c5ccccc45)cc3)C=CC2=C1. The zero-order valence-electron chi connectivity index (χ0n) is 28.7. The molecule has 1 atom stereocenters. The average molecular weight is 665 g/mol. The molecular formula is C50H36N2. The Morgan fingerprint density at radius 2 is 1.13 bits per heavy atom. The molecule has 2 heteroatoms. The molecule has 0 spiro atoms. The van der Waals surface area contributed by atoms with E-state index in [4.69, 9.17) is 0 Å². The number of allylic oxidation sites excluding steroid dienone is 8. The summed E-state index contributed by atoms with van der Waals surface area (Å²) in [5.74, 6) is 0.454. The number of nitrogens with zero attached hydrogens (tertiary/aromatic N) is 2. The summed E-state index contributed by atoms with van der Waals surface area (Å²) in [6.07, 6.45) is 14.7. The minimum Gasteiger partial charge on any atom is -0.310 e. The molecule has 1 aromatic heterocycles. The van der Waals surface area contributed by atoms with Crippen molar-refractivity contribution < 1.29 is 0 Å². The van der Waals surface area contributed by atoms with Crippen LogP contribution in [0.4, 0.5) is 17.1 Å². The first-order valence-corrected chi connectivity index (χ1v) is 18.1. The second-order valence-electron chi connectivity index (χ2n) is 13.7. The van der Waals surface area contributed by atoms with E-state index >= 15 is 0 Å². The zero-order valence-corrected chi connectivity index (χ0v) is 28.7. The summed E-state index contributed by atoms with van der Waals surface area (Å²) in [5.41, 5.74) is 13.3. The topological polar surface area (TPSA) is 8.17 Å². The van der Waals surface area contributed by atoms with Crippen LogP contribution >= 0.6 is 0 Å². The highest BCUT2D eigenvalue weighted by Gasteiger charge is 2.21. The monoisotopic (exact) mass is 664 g/mol. The van der Waals surface area contributed by atoms with Gasteiger partial charge < -0.3 is 9.47 Å². The molecule has 2 aliphatic rings. The molecule has 0 radical (unpaired) electrons. The van der Waals surface area contributed by atoms with E-state index in [1.165, 1.54) is 66.1 Å². The van der Waals surface area contributed by atoms with E-state index in [2.05, 4.69) is 210 Å². The summed E-state index contributed by atoms with van der Waals surface area (Å²) in [6, 6.07) is 59.6. The van der Waals surface area contributed by atoms with Crippen LogP contribution in [-0.4, -0.2) is 4.57 Å². The number of aromatic nitrogens is 1. The number of hydrogen-bond acceptors (Lipinski definition) is 1. The largest absolute Gasteiger partial charge is 0.310 e. The molecule has 52 heavy (non-hydrogen) atoms. The van der Waals surface area contributed by atoms with Crippen molar-refractivity contribution in [1.82, 2.24) is 4.57 Å². The summed E-state index contributed by atoms with van der Waals surface area (Å²) in [6.45, 7) is 0. The molecule has 0 saturated heterocycles. The summed E-state index contributed by atoms with van der Waals surface area (Å²) >= 11 is 0. The van der Waals surface area contributed by atoms with Gasteiger partial charge in [-0.25, -0.2) is 0 Å². The first-order chi connectivity index (χ1) is 25.8. The number of fused-ring (bicyclic) bond motifs is 5. The van der Waals surface area contributed by atoms with Gasteiger partial charge in [-0.1, -0.05) is 152 Å². The van der Waals surface area contributed by atoms with Gasteiger partial charge in [0.25, 0.3) is 0 Å². The molecule has 8 aromatic rings. The second-order valence-corrected chi connectivity index (χ2v) is 13.7. The maximum absolute atomic E-state index is 2.43. The van der Waals surface area contributed by atoms with Crippen LogP contribution in [0.5, 0.6) is 0 Å². The fraction of sp³-hybridized carbons (Fsp3) is 0.0400. The van der Waals surface area contributed by atoms with Gasteiger partial charge in [-0.2, -0.15) is 0 Å². The molecule has 1 heterocycles. The summed E-state index contributed by atoms with van der Waals surface area (Å²) in [5, 5.41) is 4.95. The van der Waals surface area contributed by atoms with Crippen molar-refractivity contribution in [1.29, 1.82) is 0 Å². The van der Waals surface area contributed by atoms with Gasteiger partial charge in [0, 0.05) is 39.0 Å². The summed E-state index contributed by atoms with van der Waals surface area (Å²) < 4.78 is 2.43. The van der Waals surface area contributed by atoms with Gasteiger partial charge in [0.05, 0.1) is 22.4 Å². The van der Waals surface area contributed by atoms with Crippen molar-refractivity contribution in [2.75, 3.05) is 4.90 Å². The highest BCUT2D eigenvalue weighted by Crippen LogP contribution is 2.44. The molecule has 0 fully saturated rings. The van der Waals surface area contributed by atoms with Gasteiger partial charge in [0.15, 0.2) is 0 Å². The molecule has 246 valence electrons. The van der Waals surface area contributed by atoms with E-state index in [1.807, 2.05) is 0 Å². The first kappa shape index (κ1) is 30.2. The Kier molecular flexibility index (Phi) is 7.32. The van der Waals surface area contributed by atoms with Crippen LogP contribution in [0, 0.1) is 5.92 Å². The molecule has 0 saturated carbocycles. The number of para-hydroxylation sites is 4. The summed E-state index contributed by atoms with van der Waals surface area (Å²) in [7, 11) is 0. The van der Waals surface area contributed by atoms with Crippen molar-refractivity contribution in [3.05, 3.63) is 211 Å². The van der Waals surface area contributed by atoms with Gasteiger partial charge in [-0.05, 0) is 82.6 Å². The number of rotatable bonds is 6. The molecule has 10 rings (SSSR count). The molecule has 2 aliphatic carbocycles. The van der Waals surface area contributed by atoms with E-state index in [9.17, 15) is 0 Å². The van der Waals surface area contributed by atoms with Gasteiger partial charge in [0.2, 0.25) is 0 Å². The molecule has 2 nitrogen and oxygen atoms in total. The summed E-state index contributed by atoms with van der Waals surface area (Å²) in [4.78, 5) is 2.40. The van der Waals surface area contributed by atoms with Crippen molar-refractivity contribution in [2.24, 2.45) is 5.92 Å². The van der Waals surface area contributed by atoms with E-state index in [0.717, 1.165) is 23.5 Å². The van der Waals surface area contributed by atoms with Crippen molar-refractivity contribution in [2.45, 2.75) is 6.42 Å². The standard InChI is InChI=1S/C50H36N2/c1-2-16-39(17-3-1)51(40-30-28-36(29-31-40)38-27-26-35-14-4-5-15-37(35)34-38)50-33-32-42(41-18-6-7-19-43(41)50)44-20-8-11-23-47(44)52-48-24-12-9-21-45(48)46-22-10-13-25-49(46)52/h1-14,16-34,37H,15H2.